The summed E-state index contributed by atoms with van der Waals surface area (Å²) in [5.74, 6) is -3.95. The highest BCUT2D eigenvalue weighted by Gasteiger charge is 2.40. The third-order valence-corrected chi connectivity index (χ3v) is 3.10. The summed E-state index contributed by atoms with van der Waals surface area (Å²) in [6.45, 7) is 7.75. The smallest absolute Gasteiger partial charge is 0.312 e. The Bertz CT molecular complexity index is 504. The van der Waals surface area contributed by atoms with Gasteiger partial charge in [0.2, 0.25) is 0 Å². The standard InChI is InChI=1S/C15H20F2O3/c1-9(13(18)20-14(2,3)4)15(5,19)10-7-6-8-11(16)12(10)17/h6-9,19H,1-5H3. The highest BCUT2D eigenvalue weighted by atomic mass is 19.2. The van der Waals surface area contributed by atoms with E-state index in [-0.39, 0.29) is 5.56 Å². The second-order valence-corrected chi connectivity index (χ2v) is 6.00. The predicted octanol–water partition coefficient (Wildman–Crippen LogP) is 3.15. The fourth-order valence-electron chi connectivity index (χ4n) is 1.75. The molecule has 0 bridgehead atoms. The molecule has 112 valence electrons. The molecule has 1 aromatic carbocycles. The monoisotopic (exact) mass is 286 g/mol. The molecule has 0 saturated heterocycles. The lowest BCUT2D eigenvalue weighted by atomic mass is 9.83. The third-order valence-electron chi connectivity index (χ3n) is 3.10. The summed E-state index contributed by atoms with van der Waals surface area (Å²) in [7, 11) is 0. The van der Waals surface area contributed by atoms with Crippen molar-refractivity contribution in [3.05, 3.63) is 35.4 Å². The normalized spacial score (nSPS) is 16.4. The molecular weight excluding hydrogens is 266 g/mol. The molecule has 0 aromatic heterocycles. The van der Waals surface area contributed by atoms with Gasteiger partial charge in [0, 0.05) is 5.56 Å². The Morgan fingerprint density at radius 1 is 1.25 bits per heavy atom. The fraction of sp³-hybridized carbons (Fsp3) is 0.533. The molecule has 0 aliphatic rings. The zero-order valence-electron chi connectivity index (χ0n) is 12.3. The predicted molar refractivity (Wildman–Crippen MR) is 70.9 cm³/mol. The van der Waals surface area contributed by atoms with E-state index in [1.807, 2.05) is 0 Å². The van der Waals surface area contributed by atoms with E-state index in [2.05, 4.69) is 0 Å². The molecule has 20 heavy (non-hydrogen) atoms. The first-order valence-electron chi connectivity index (χ1n) is 6.36. The molecule has 0 radical (unpaired) electrons. The van der Waals surface area contributed by atoms with E-state index in [9.17, 15) is 18.7 Å². The number of esters is 1. The van der Waals surface area contributed by atoms with Crippen molar-refractivity contribution in [3.63, 3.8) is 0 Å². The van der Waals surface area contributed by atoms with E-state index in [4.69, 9.17) is 4.74 Å². The lowest BCUT2D eigenvalue weighted by Crippen LogP contribution is -2.40. The second-order valence-electron chi connectivity index (χ2n) is 6.00. The summed E-state index contributed by atoms with van der Waals surface area (Å²) in [5, 5.41) is 10.4. The van der Waals surface area contributed by atoms with Crippen LogP contribution in [0, 0.1) is 17.6 Å². The van der Waals surface area contributed by atoms with Crippen molar-refractivity contribution >= 4 is 5.97 Å². The van der Waals surface area contributed by atoms with Gasteiger partial charge in [0.15, 0.2) is 11.6 Å². The number of rotatable bonds is 3. The summed E-state index contributed by atoms with van der Waals surface area (Å²) in [6.07, 6.45) is 0. The van der Waals surface area contributed by atoms with Gasteiger partial charge in [-0.25, -0.2) is 8.78 Å². The Kier molecular flexibility index (Phi) is 4.54. The fourth-order valence-corrected chi connectivity index (χ4v) is 1.75. The minimum absolute atomic E-state index is 0.268. The highest BCUT2D eigenvalue weighted by molar-refractivity contribution is 5.74. The number of aliphatic hydroxyl groups is 1. The Hall–Kier alpha value is -1.49. The van der Waals surface area contributed by atoms with Crippen molar-refractivity contribution in [2.24, 2.45) is 5.92 Å². The third kappa shape index (κ3) is 3.54. The lowest BCUT2D eigenvalue weighted by molar-refractivity contribution is -0.168. The molecule has 0 aliphatic heterocycles. The van der Waals surface area contributed by atoms with Crippen molar-refractivity contribution in [2.45, 2.75) is 45.8 Å². The van der Waals surface area contributed by atoms with Gasteiger partial charge >= 0.3 is 5.97 Å². The molecule has 3 nitrogen and oxygen atoms in total. The van der Waals surface area contributed by atoms with Crippen molar-refractivity contribution in [3.8, 4) is 0 Å². The molecule has 1 aromatic rings. The minimum Gasteiger partial charge on any atom is -0.460 e. The topological polar surface area (TPSA) is 46.5 Å². The number of hydrogen-bond acceptors (Lipinski definition) is 3. The first-order chi connectivity index (χ1) is 8.97. The van der Waals surface area contributed by atoms with E-state index < -0.39 is 34.7 Å². The summed E-state index contributed by atoms with van der Waals surface area (Å²) in [5.41, 5.74) is -2.85. The molecule has 5 heteroatoms. The number of carbonyl (C=O) groups is 1. The summed E-state index contributed by atoms with van der Waals surface area (Å²) in [6, 6.07) is 3.48. The Labute approximate surface area is 117 Å². The zero-order chi connectivity index (χ0) is 15.7. The summed E-state index contributed by atoms with van der Waals surface area (Å²) in [4.78, 5) is 12.0. The van der Waals surface area contributed by atoms with E-state index in [0.717, 1.165) is 6.07 Å². The van der Waals surface area contributed by atoms with Crippen LogP contribution in [-0.2, 0) is 15.1 Å². The van der Waals surface area contributed by atoms with Crippen LogP contribution >= 0.6 is 0 Å². The van der Waals surface area contributed by atoms with Gasteiger partial charge in [-0.2, -0.15) is 0 Å². The Morgan fingerprint density at radius 2 is 1.80 bits per heavy atom. The number of halogens is 2. The maximum absolute atomic E-state index is 13.8. The van der Waals surface area contributed by atoms with Gasteiger partial charge < -0.3 is 9.84 Å². The highest BCUT2D eigenvalue weighted by Crippen LogP contribution is 2.33. The quantitative estimate of drug-likeness (QED) is 0.868. The van der Waals surface area contributed by atoms with Crippen LogP contribution in [0.1, 0.15) is 40.2 Å². The van der Waals surface area contributed by atoms with Gasteiger partial charge in [-0.3, -0.25) is 4.79 Å². The van der Waals surface area contributed by atoms with E-state index >= 15 is 0 Å². The van der Waals surface area contributed by atoms with Gasteiger partial charge in [0.05, 0.1) is 5.92 Å². The van der Waals surface area contributed by atoms with Crippen LogP contribution in [0.3, 0.4) is 0 Å². The van der Waals surface area contributed by atoms with E-state index in [1.165, 1.54) is 26.0 Å². The zero-order valence-corrected chi connectivity index (χ0v) is 12.3. The van der Waals surface area contributed by atoms with Crippen LogP contribution in [0.5, 0.6) is 0 Å². The van der Waals surface area contributed by atoms with Crippen molar-refractivity contribution in [2.75, 3.05) is 0 Å². The van der Waals surface area contributed by atoms with Crippen LogP contribution in [0.2, 0.25) is 0 Å². The number of hydrogen-bond donors (Lipinski definition) is 1. The summed E-state index contributed by atoms with van der Waals surface area (Å²) >= 11 is 0. The van der Waals surface area contributed by atoms with E-state index in [1.54, 1.807) is 20.8 Å². The first kappa shape index (κ1) is 16.6. The molecule has 2 atom stereocenters. The molecule has 0 saturated carbocycles. The van der Waals surface area contributed by atoms with E-state index in [0.29, 0.717) is 0 Å². The first-order valence-corrected chi connectivity index (χ1v) is 6.36. The molecular formula is C15H20F2O3. The molecule has 0 spiro atoms. The molecule has 0 aliphatic carbocycles. The Morgan fingerprint density at radius 3 is 2.30 bits per heavy atom. The van der Waals surface area contributed by atoms with Gasteiger partial charge in [-0.05, 0) is 40.7 Å². The van der Waals surface area contributed by atoms with Crippen LogP contribution in [0.15, 0.2) is 18.2 Å². The van der Waals surface area contributed by atoms with Gasteiger partial charge in [0.25, 0.3) is 0 Å². The van der Waals surface area contributed by atoms with Gasteiger partial charge in [-0.1, -0.05) is 12.1 Å². The van der Waals surface area contributed by atoms with Crippen molar-refractivity contribution < 1.29 is 23.4 Å². The average molecular weight is 286 g/mol. The molecule has 0 amide bonds. The van der Waals surface area contributed by atoms with Crippen molar-refractivity contribution in [1.29, 1.82) is 0 Å². The maximum Gasteiger partial charge on any atom is 0.312 e. The number of benzene rings is 1. The lowest BCUT2D eigenvalue weighted by Gasteiger charge is -2.32. The Balaban J connectivity index is 3.09. The second kappa shape index (κ2) is 5.48. The van der Waals surface area contributed by atoms with Crippen molar-refractivity contribution in [1.82, 2.24) is 0 Å². The van der Waals surface area contributed by atoms with Crippen LogP contribution in [-0.4, -0.2) is 16.7 Å². The van der Waals surface area contributed by atoms with Gasteiger partial charge in [-0.15, -0.1) is 0 Å². The molecule has 0 fully saturated rings. The minimum atomic E-state index is -1.87. The van der Waals surface area contributed by atoms with Crippen LogP contribution in [0.25, 0.3) is 0 Å². The van der Waals surface area contributed by atoms with Crippen LogP contribution < -0.4 is 0 Å². The van der Waals surface area contributed by atoms with Gasteiger partial charge in [0.1, 0.15) is 11.2 Å². The number of ether oxygens (including phenoxy) is 1. The average Bonchev–Trinajstić information content (AvgIpc) is 2.29. The summed E-state index contributed by atoms with van der Waals surface area (Å²) < 4.78 is 32.2. The number of carbonyl (C=O) groups excluding carboxylic acids is 1. The molecule has 1 N–H and O–H groups in total. The molecule has 1 rings (SSSR count). The SMILES string of the molecule is CC(C(=O)OC(C)(C)C)C(C)(O)c1cccc(F)c1F. The largest absolute Gasteiger partial charge is 0.460 e. The molecule has 0 heterocycles. The molecule has 2 unspecified atom stereocenters. The maximum atomic E-state index is 13.8. The van der Waals surface area contributed by atoms with Crippen LogP contribution in [0.4, 0.5) is 8.78 Å².